The second-order valence-electron chi connectivity index (χ2n) is 3.50. The molecule has 0 unspecified atom stereocenters. The zero-order valence-corrected chi connectivity index (χ0v) is 10.1. The molecule has 1 aromatic carbocycles. The molecule has 0 spiro atoms. The summed E-state index contributed by atoms with van der Waals surface area (Å²) < 4.78 is 1.10. The molecule has 0 saturated heterocycles. The Kier molecular flexibility index (Phi) is 4.58. The van der Waals surface area contributed by atoms with Crippen molar-refractivity contribution in [2.24, 2.45) is 0 Å². The highest BCUT2D eigenvalue weighted by molar-refractivity contribution is 9.10. The molecule has 0 heterocycles. The van der Waals surface area contributed by atoms with Crippen molar-refractivity contribution in [2.75, 3.05) is 6.54 Å². The first kappa shape index (κ1) is 11.7. The van der Waals surface area contributed by atoms with Crippen LogP contribution in [-0.2, 0) is 0 Å². The summed E-state index contributed by atoms with van der Waals surface area (Å²) in [5.41, 5.74) is 1.22. The van der Waals surface area contributed by atoms with E-state index in [2.05, 4.69) is 34.2 Å². The summed E-state index contributed by atoms with van der Waals surface area (Å²) in [6.45, 7) is 4.48. The van der Waals surface area contributed by atoms with Gasteiger partial charge < -0.3 is 10.4 Å². The zero-order chi connectivity index (χ0) is 10.6. The fourth-order valence-electron chi connectivity index (χ4n) is 1.28. The van der Waals surface area contributed by atoms with E-state index in [9.17, 15) is 0 Å². The van der Waals surface area contributed by atoms with E-state index in [1.807, 2.05) is 18.2 Å². The lowest BCUT2D eigenvalue weighted by molar-refractivity contribution is 0.187. The van der Waals surface area contributed by atoms with Crippen LogP contribution >= 0.6 is 15.9 Å². The third-order valence-corrected chi connectivity index (χ3v) is 2.81. The Morgan fingerprint density at radius 2 is 2.00 bits per heavy atom. The van der Waals surface area contributed by atoms with E-state index in [4.69, 9.17) is 5.11 Å². The molecule has 14 heavy (non-hydrogen) atoms. The van der Waals surface area contributed by atoms with Gasteiger partial charge in [0.1, 0.15) is 0 Å². The third-order valence-electron chi connectivity index (χ3n) is 2.09. The molecule has 1 aromatic rings. The first-order valence-electron chi connectivity index (χ1n) is 4.77. The van der Waals surface area contributed by atoms with Gasteiger partial charge >= 0.3 is 0 Å². The summed E-state index contributed by atoms with van der Waals surface area (Å²) >= 11 is 3.50. The van der Waals surface area contributed by atoms with Crippen molar-refractivity contribution in [3.63, 3.8) is 0 Å². The molecule has 1 rings (SSSR count). The molecule has 0 aliphatic heterocycles. The predicted molar refractivity (Wildman–Crippen MR) is 62.2 cm³/mol. The molecule has 78 valence electrons. The molecular weight excluding hydrogens is 242 g/mol. The number of benzene rings is 1. The van der Waals surface area contributed by atoms with Crippen LogP contribution in [0.25, 0.3) is 0 Å². The normalized spacial score (nSPS) is 15.1. The standard InChI is InChI=1S/C11H16BrNO/c1-8(14)7-13-9(2)10-5-3-4-6-11(10)12/h3-6,8-9,13-14H,7H2,1-2H3/t8-,9+/m1/s1. The number of aliphatic hydroxyl groups excluding tert-OH is 1. The molecular formula is C11H16BrNO. The Bertz CT molecular complexity index is 288. The Labute approximate surface area is 93.5 Å². The van der Waals surface area contributed by atoms with E-state index in [1.54, 1.807) is 6.92 Å². The lowest BCUT2D eigenvalue weighted by Gasteiger charge is -2.16. The minimum atomic E-state index is -0.306. The maximum atomic E-state index is 9.14. The summed E-state index contributed by atoms with van der Waals surface area (Å²) in [4.78, 5) is 0. The second kappa shape index (κ2) is 5.49. The highest BCUT2D eigenvalue weighted by Gasteiger charge is 2.08. The Morgan fingerprint density at radius 3 is 2.57 bits per heavy atom. The van der Waals surface area contributed by atoms with Crippen molar-refractivity contribution in [3.8, 4) is 0 Å². The monoisotopic (exact) mass is 257 g/mol. The van der Waals surface area contributed by atoms with Gasteiger partial charge in [0.05, 0.1) is 6.10 Å². The fourth-order valence-corrected chi connectivity index (χ4v) is 1.91. The largest absolute Gasteiger partial charge is 0.392 e. The first-order chi connectivity index (χ1) is 6.61. The molecule has 0 bridgehead atoms. The maximum absolute atomic E-state index is 9.14. The number of aliphatic hydroxyl groups is 1. The minimum absolute atomic E-state index is 0.250. The van der Waals surface area contributed by atoms with Crippen molar-refractivity contribution in [3.05, 3.63) is 34.3 Å². The molecule has 0 aliphatic rings. The van der Waals surface area contributed by atoms with E-state index in [0.29, 0.717) is 6.54 Å². The summed E-state index contributed by atoms with van der Waals surface area (Å²) in [6, 6.07) is 8.36. The Hall–Kier alpha value is -0.380. The van der Waals surface area contributed by atoms with Gasteiger partial charge in [-0.15, -0.1) is 0 Å². The number of hydrogen-bond donors (Lipinski definition) is 2. The molecule has 2 nitrogen and oxygen atoms in total. The number of nitrogens with one attached hydrogen (secondary N) is 1. The second-order valence-corrected chi connectivity index (χ2v) is 4.35. The van der Waals surface area contributed by atoms with Crippen molar-refractivity contribution < 1.29 is 5.11 Å². The van der Waals surface area contributed by atoms with Crippen LogP contribution < -0.4 is 5.32 Å². The SMILES string of the molecule is C[C@H](NC[C@@H](C)O)c1ccccc1Br. The summed E-state index contributed by atoms with van der Waals surface area (Å²) in [6.07, 6.45) is -0.306. The average molecular weight is 258 g/mol. The van der Waals surface area contributed by atoms with E-state index in [-0.39, 0.29) is 12.1 Å². The number of halogens is 1. The highest BCUT2D eigenvalue weighted by Crippen LogP contribution is 2.22. The molecule has 0 saturated carbocycles. The van der Waals surface area contributed by atoms with Gasteiger partial charge in [0.25, 0.3) is 0 Å². The van der Waals surface area contributed by atoms with Gasteiger partial charge in [-0.2, -0.15) is 0 Å². The fraction of sp³-hybridized carbons (Fsp3) is 0.455. The van der Waals surface area contributed by atoms with Crippen molar-refractivity contribution >= 4 is 15.9 Å². The maximum Gasteiger partial charge on any atom is 0.0636 e. The van der Waals surface area contributed by atoms with Gasteiger partial charge in [-0.25, -0.2) is 0 Å². The number of hydrogen-bond acceptors (Lipinski definition) is 2. The van der Waals surface area contributed by atoms with Crippen LogP contribution in [0, 0.1) is 0 Å². The highest BCUT2D eigenvalue weighted by atomic mass is 79.9. The molecule has 0 aliphatic carbocycles. The van der Waals surface area contributed by atoms with Gasteiger partial charge in [0.2, 0.25) is 0 Å². The van der Waals surface area contributed by atoms with Crippen LogP contribution in [0.5, 0.6) is 0 Å². The van der Waals surface area contributed by atoms with Gasteiger partial charge in [-0.1, -0.05) is 34.1 Å². The molecule has 2 atom stereocenters. The van der Waals surface area contributed by atoms with Crippen molar-refractivity contribution in [1.29, 1.82) is 0 Å². The van der Waals surface area contributed by atoms with E-state index in [1.165, 1.54) is 5.56 Å². The van der Waals surface area contributed by atoms with Crippen LogP contribution in [0.15, 0.2) is 28.7 Å². The molecule has 0 aromatic heterocycles. The van der Waals surface area contributed by atoms with Crippen LogP contribution in [0.3, 0.4) is 0 Å². The van der Waals surface area contributed by atoms with Gasteiger partial charge in [0.15, 0.2) is 0 Å². The summed E-state index contributed by atoms with van der Waals surface area (Å²) in [7, 11) is 0. The summed E-state index contributed by atoms with van der Waals surface area (Å²) in [5.74, 6) is 0. The minimum Gasteiger partial charge on any atom is -0.392 e. The Morgan fingerprint density at radius 1 is 1.36 bits per heavy atom. The molecule has 0 radical (unpaired) electrons. The van der Waals surface area contributed by atoms with Gasteiger partial charge in [-0.3, -0.25) is 0 Å². The van der Waals surface area contributed by atoms with Crippen LogP contribution in [0.1, 0.15) is 25.5 Å². The van der Waals surface area contributed by atoms with Crippen LogP contribution in [-0.4, -0.2) is 17.8 Å². The number of rotatable bonds is 4. The van der Waals surface area contributed by atoms with Gasteiger partial charge in [-0.05, 0) is 25.5 Å². The van der Waals surface area contributed by atoms with Crippen LogP contribution in [0.2, 0.25) is 0 Å². The van der Waals surface area contributed by atoms with E-state index >= 15 is 0 Å². The quantitative estimate of drug-likeness (QED) is 0.869. The van der Waals surface area contributed by atoms with E-state index < -0.39 is 0 Å². The zero-order valence-electron chi connectivity index (χ0n) is 8.50. The predicted octanol–water partition coefficient (Wildman–Crippen LogP) is 2.48. The van der Waals surface area contributed by atoms with E-state index in [0.717, 1.165) is 4.47 Å². The lowest BCUT2D eigenvalue weighted by Crippen LogP contribution is -2.27. The Balaban J connectivity index is 2.60. The van der Waals surface area contributed by atoms with Crippen molar-refractivity contribution in [1.82, 2.24) is 5.32 Å². The molecule has 3 heteroatoms. The van der Waals surface area contributed by atoms with Crippen LogP contribution in [0.4, 0.5) is 0 Å². The van der Waals surface area contributed by atoms with Crippen molar-refractivity contribution in [2.45, 2.75) is 26.0 Å². The third kappa shape index (κ3) is 3.40. The molecule has 0 fully saturated rings. The smallest absolute Gasteiger partial charge is 0.0636 e. The first-order valence-corrected chi connectivity index (χ1v) is 5.56. The molecule has 0 amide bonds. The molecule has 2 N–H and O–H groups in total. The topological polar surface area (TPSA) is 32.3 Å². The average Bonchev–Trinajstić information content (AvgIpc) is 2.15. The van der Waals surface area contributed by atoms with Gasteiger partial charge in [0, 0.05) is 17.1 Å². The lowest BCUT2D eigenvalue weighted by atomic mass is 10.1. The summed E-state index contributed by atoms with van der Waals surface area (Å²) in [5, 5.41) is 12.4.